The molecule has 1 atom stereocenters. The number of aromatic nitrogens is 3. The molecular formula is C20H23BrN6O2S. The highest BCUT2D eigenvalue weighted by Gasteiger charge is 2.23. The van der Waals surface area contributed by atoms with E-state index in [1.165, 1.54) is 11.3 Å². The van der Waals surface area contributed by atoms with Crippen molar-refractivity contribution in [1.29, 1.82) is 0 Å². The maximum Gasteiger partial charge on any atom is 0.264 e. The van der Waals surface area contributed by atoms with E-state index in [4.69, 9.17) is 14.7 Å². The molecule has 2 aromatic heterocycles. The number of hydrogen-bond acceptors (Lipinski definition) is 8. The van der Waals surface area contributed by atoms with Gasteiger partial charge in [0.25, 0.3) is 5.56 Å². The number of rotatable bonds is 4. The molecule has 1 aromatic carbocycles. The van der Waals surface area contributed by atoms with Crippen LogP contribution in [0.4, 0.5) is 11.8 Å². The van der Waals surface area contributed by atoms with Gasteiger partial charge in [-0.2, -0.15) is 4.98 Å². The molecule has 0 spiro atoms. The van der Waals surface area contributed by atoms with E-state index in [1.807, 2.05) is 18.2 Å². The Morgan fingerprint density at radius 2 is 2.13 bits per heavy atom. The van der Waals surface area contributed by atoms with Crippen LogP contribution in [0.3, 0.4) is 0 Å². The largest absolute Gasteiger partial charge is 0.378 e. The zero-order valence-corrected chi connectivity index (χ0v) is 18.8. The molecule has 5 rings (SSSR count). The summed E-state index contributed by atoms with van der Waals surface area (Å²) in [6.07, 6.45) is 2.14. The summed E-state index contributed by atoms with van der Waals surface area (Å²) < 4.78 is 7.45. The number of halogens is 1. The predicted octanol–water partition coefficient (Wildman–Crippen LogP) is 2.81. The second-order valence-electron chi connectivity index (χ2n) is 7.53. The Kier molecular flexibility index (Phi) is 5.72. The molecule has 0 amide bonds. The molecule has 2 saturated heterocycles. The van der Waals surface area contributed by atoms with Gasteiger partial charge >= 0.3 is 0 Å². The first-order chi connectivity index (χ1) is 14.7. The molecule has 3 N–H and O–H groups in total. The van der Waals surface area contributed by atoms with Crippen LogP contribution in [0.1, 0.15) is 12.8 Å². The van der Waals surface area contributed by atoms with Crippen molar-refractivity contribution in [2.75, 3.05) is 49.6 Å². The zero-order chi connectivity index (χ0) is 20.5. The third kappa shape index (κ3) is 4.09. The molecule has 2 aliphatic rings. The van der Waals surface area contributed by atoms with Gasteiger partial charge in [0.05, 0.1) is 23.4 Å². The number of piperidine rings is 1. The average Bonchev–Trinajstić information content (AvgIpc) is 3.17. The summed E-state index contributed by atoms with van der Waals surface area (Å²) in [6, 6.07) is 6.20. The number of aromatic amines is 1. The van der Waals surface area contributed by atoms with Gasteiger partial charge < -0.3 is 20.3 Å². The summed E-state index contributed by atoms with van der Waals surface area (Å²) in [4.78, 5) is 27.9. The SMILES string of the molecule is O=c1[nH]c(N2CCOCC2)nc(NC2CCCNC2)c1-c1nc2cc(Br)ccc2s1. The molecule has 10 heteroatoms. The van der Waals surface area contributed by atoms with Crippen LogP contribution in [0.15, 0.2) is 27.5 Å². The van der Waals surface area contributed by atoms with Crippen LogP contribution in [-0.2, 0) is 4.74 Å². The lowest BCUT2D eigenvalue weighted by atomic mass is 10.1. The number of nitrogens with one attached hydrogen (secondary N) is 3. The molecule has 2 fully saturated rings. The molecule has 0 bridgehead atoms. The van der Waals surface area contributed by atoms with E-state index in [-0.39, 0.29) is 11.6 Å². The van der Waals surface area contributed by atoms with Crippen molar-refractivity contribution in [3.63, 3.8) is 0 Å². The predicted molar refractivity (Wildman–Crippen MR) is 124 cm³/mol. The normalized spacial score (nSPS) is 19.9. The minimum absolute atomic E-state index is 0.170. The Labute approximate surface area is 186 Å². The van der Waals surface area contributed by atoms with Crippen molar-refractivity contribution in [3.05, 3.63) is 33.0 Å². The molecule has 3 aromatic rings. The number of nitrogens with zero attached hydrogens (tertiary/aromatic N) is 3. The number of thiazole rings is 1. The minimum atomic E-state index is -0.170. The minimum Gasteiger partial charge on any atom is -0.378 e. The van der Waals surface area contributed by atoms with Crippen LogP contribution in [0.2, 0.25) is 0 Å². The quantitative estimate of drug-likeness (QED) is 0.517. The Bertz CT molecular complexity index is 1100. The molecule has 0 saturated carbocycles. The summed E-state index contributed by atoms with van der Waals surface area (Å²) in [7, 11) is 0. The number of fused-ring (bicyclic) bond motifs is 1. The van der Waals surface area contributed by atoms with Gasteiger partial charge in [-0.1, -0.05) is 15.9 Å². The van der Waals surface area contributed by atoms with Crippen molar-refractivity contribution in [2.24, 2.45) is 0 Å². The second kappa shape index (κ2) is 8.62. The third-order valence-corrected chi connectivity index (χ3v) is 6.97. The Morgan fingerprint density at radius 1 is 1.27 bits per heavy atom. The molecule has 8 nitrogen and oxygen atoms in total. The first-order valence-corrected chi connectivity index (χ1v) is 11.8. The number of anilines is 2. The molecule has 2 aliphatic heterocycles. The topological polar surface area (TPSA) is 95.2 Å². The molecular weight excluding hydrogens is 468 g/mol. The molecule has 0 aliphatic carbocycles. The van der Waals surface area contributed by atoms with E-state index in [0.717, 1.165) is 40.6 Å². The van der Waals surface area contributed by atoms with Gasteiger partial charge in [0.1, 0.15) is 16.4 Å². The maximum atomic E-state index is 13.2. The number of ether oxygens (including phenoxy) is 1. The van der Waals surface area contributed by atoms with Gasteiger partial charge in [-0.15, -0.1) is 11.3 Å². The fraction of sp³-hybridized carbons (Fsp3) is 0.450. The number of benzene rings is 1. The van der Waals surface area contributed by atoms with E-state index >= 15 is 0 Å². The van der Waals surface area contributed by atoms with Gasteiger partial charge in [-0.05, 0) is 37.6 Å². The van der Waals surface area contributed by atoms with Gasteiger partial charge in [-0.25, -0.2) is 4.98 Å². The summed E-state index contributed by atoms with van der Waals surface area (Å²) >= 11 is 5.01. The molecule has 30 heavy (non-hydrogen) atoms. The van der Waals surface area contributed by atoms with Gasteiger partial charge in [0, 0.05) is 30.1 Å². The summed E-state index contributed by atoms with van der Waals surface area (Å²) in [5.41, 5.74) is 1.21. The number of morpholine rings is 1. The highest BCUT2D eigenvalue weighted by Crippen LogP contribution is 2.33. The average molecular weight is 491 g/mol. The van der Waals surface area contributed by atoms with Crippen molar-refractivity contribution >= 4 is 49.2 Å². The van der Waals surface area contributed by atoms with Crippen molar-refractivity contribution in [3.8, 4) is 10.6 Å². The van der Waals surface area contributed by atoms with Crippen molar-refractivity contribution < 1.29 is 4.74 Å². The lowest BCUT2D eigenvalue weighted by Crippen LogP contribution is -2.40. The monoisotopic (exact) mass is 490 g/mol. The fourth-order valence-electron chi connectivity index (χ4n) is 3.86. The molecule has 1 unspecified atom stereocenters. The van der Waals surface area contributed by atoms with Crippen LogP contribution in [0.5, 0.6) is 0 Å². The Balaban J connectivity index is 1.58. The van der Waals surface area contributed by atoms with E-state index in [1.54, 1.807) is 0 Å². The number of hydrogen-bond donors (Lipinski definition) is 3. The third-order valence-electron chi connectivity index (χ3n) is 5.42. The fourth-order valence-corrected chi connectivity index (χ4v) is 5.20. The maximum absolute atomic E-state index is 13.2. The first kappa shape index (κ1) is 19.9. The highest BCUT2D eigenvalue weighted by molar-refractivity contribution is 9.10. The highest BCUT2D eigenvalue weighted by atomic mass is 79.9. The molecule has 4 heterocycles. The lowest BCUT2D eigenvalue weighted by molar-refractivity contribution is 0.122. The van der Waals surface area contributed by atoms with E-state index in [2.05, 4.69) is 36.4 Å². The van der Waals surface area contributed by atoms with Crippen LogP contribution in [0, 0.1) is 0 Å². The van der Waals surface area contributed by atoms with E-state index in [0.29, 0.717) is 48.6 Å². The van der Waals surface area contributed by atoms with Crippen molar-refractivity contribution in [1.82, 2.24) is 20.3 Å². The van der Waals surface area contributed by atoms with Gasteiger partial charge in [-0.3, -0.25) is 9.78 Å². The van der Waals surface area contributed by atoms with Crippen LogP contribution >= 0.6 is 27.3 Å². The second-order valence-corrected chi connectivity index (χ2v) is 9.48. The van der Waals surface area contributed by atoms with Crippen LogP contribution < -0.4 is 21.1 Å². The Hall–Kier alpha value is -2.01. The molecule has 0 radical (unpaired) electrons. The van der Waals surface area contributed by atoms with Gasteiger partial charge in [0.15, 0.2) is 0 Å². The summed E-state index contributed by atoms with van der Waals surface area (Å²) in [6.45, 7) is 4.57. The van der Waals surface area contributed by atoms with E-state index in [9.17, 15) is 4.79 Å². The van der Waals surface area contributed by atoms with Crippen LogP contribution in [0.25, 0.3) is 20.8 Å². The molecule has 158 valence electrons. The van der Waals surface area contributed by atoms with Crippen molar-refractivity contribution in [2.45, 2.75) is 18.9 Å². The van der Waals surface area contributed by atoms with E-state index < -0.39 is 0 Å². The van der Waals surface area contributed by atoms with Gasteiger partial charge in [0.2, 0.25) is 5.95 Å². The zero-order valence-electron chi connectivity index (χ0n) is 16.4. The Morgan fingerprint density at radius 3 is 2.93 bits per heavy atom. The first-order valence-electron chi connectivity index (χ1n) is 10.2. The standard InChI is InChI=1S/C20H23BrN6O2S/c21-12-3-4-15-14(10-12)24-19(30-15)16-17(23-13-2-1-5-22-11-13)25-20(26-18(16)28)27-6-8-29-9-7-27/h3-4,10,13,22H,1-2,5-9,11H2,(H2,23,25,26,28). The van der Waals surface area contributed by atoms with Crippen LogP contribution in [-0.4, -0.2) is 60.4 Å². The lowest BCUT2D eigenvalue weighted by Gasteiger charge is -2.29. The number of H-pyrrole nitrogens is 1. The summed E-state index contributed by atoms with van der Waals surface area (Å²) in [5.74, 6) is 1.19. The smallest absolute Gasteiger partial charge is 0.264 e. The summed E-state index contributed by atoms with van der Waals surface area (Å²) in [5, 5.41) is 7.62.